The molecule has 0 atom stereocenters. The number of para-hydroxylation sites is 2. The molecule has 0 aromatic heterocycles. The number of ether oxygens (including phenoxy) is 2. The van der Waals surface area contributed by atoms with Crippen molar-refractivity contribution >= 4 is 5.91 Å². The smallest absolute Gasteiger partial charge is 0.234 e. The standard InChI is InChI=1S/C21H24N2O3/c1-16(2)18-8-4-6-10-20(18)26-14-13-25-19-9-5-3-7-17(19)15-23-21(24)11-12-22/h3-10,16H,11,13-15H2,1-2H3,(H,23,24). The zero-order valence-corrected chi connectivity index (χ0v) is 15.2. The van der Waals surface area contributed by atoms with Crippen molar-refractivity contribution in [2.75, 3.05) is 13.2 Å². The molecule has 0 aliphatic rings. The predicted octanol–water partition coefficient (Wildman–Crippen LogP) is 3.80. The van der Waals surface area contributed by atoms with E-state index in [9.17, 15) is 4.79 Å². The van der Waals surface area contributed by atoms with Crippen LogP contribution in [0.1, 0.15) is 37.3 Å². The molecular formula is C21H24N2O3. The summed E-state index contributed by atoms with van der Waals surface area (Å²) in [5.74, 6) is 1.68. The van der Waals surface area contributed by atoms with Gasteiger partial charge in [-0.15, -0.1) is 0 Å². The second kappa shape index (κ2) is 10.1. The van der Waals surface area contributed by atoms with Crippen molar-refractivity contribution in [2.45, 2.75) is 32.7 Å². The third kappa shape index (κ3) is 5.82. The summed E-state index contributed by atoms with van der Waals surface area (Å²) in [4.78, 5) is 11.4. The van der Waals surface area contributed by atoms with Crippen molar-refractivity contribution < 1.29 is 14.3 Å². The Bertz CT molecular complexity index is 766. The van der Waals surface area contributed by atoms with E-state index < -0.39 is 0 Å². The summed E-state index contributed by atoms with van der Waals surface area (Å²) in [7, 11) is 0. The van der Waals surface area contributed by atoms with Gasteiger partial charge in [-0.3, -0.25) is 4.79 Å². The Labute approximate surface area is 154 Å². The third-order valence-corrected chi connectivity index (χ3v) is 3.83. The van der Waals surface area contributed by atoms with Gasteiger partial charge in [0.2, 0.25) is 5.91 Å². The number of hydrogen-bond acceptors (Lipinski definition) is 4. The van der Waals surface area contributed by atoms with Gasteiger partial charge in [0.25, 0.3) is 0 Å². The predicted molar refractivity (Wildman–Crippen MR) is 100 cm³/mol. The maximum absolute atomic E-state index is 11.4. The molecule has 136 valence electrons. The topological polar surface area (TPSA) is 71.3 Å². The molecule has 5 nitrogen and oxygen atoms in total. The highest BCUT2D eigenvalue weighted by molar-refractivity contribution is 5.78. The van der Waals surface area contributed by atoms with E-state index in [1.54, 1.807) is 0 Å². The second-order valence-electron chi connectivity index (χ2n) is 6.11. The van der Waals surface area contributed by atoms with Crippen LogP contribution >= 0.6 is 0 Å². The first-order valence-corrected chi connectivity index (χ1v) is 8.68. The fourth-order valence-electron chi connectivity index (χ4n) is 2.51. The Kier molecular flexibility index (Phi) is 7.50. The molecule has 0 aliphatic heterocycles. The summed E-state index contributed by atoms with van der Waals surface area (Å²) >= 11 is 0. The Hall–Kier alpha value is -3.00. The van der Waals surface area contributed by atoms with Crippen molar-refractivity contribution in [3.8, 4) is 17.6 Å². The number of carbonyl (C=O) groups excluding carboxylic acids is 1. The largest absolute Gasteiger partial charge is 0.490 e. The lowest BCUT2D eigenvalue weighted by molar-refractivity contribution is -0.120. The zero-order chi connectivity index (χ0) is 18.8. The minimum Gasteiger partial charge on any atom is -0.490 e. The van der Waals surface area contributed by atoms with E-state index in [4.69, 9.17) is 14.7 Å². The van der Waals surface area contributed by atoms with E-state index in [2.05, 4.69) is 25.2 Å². The fraction of sp³-hybridized carbons (Fsp3) is 0.333. The van der Waals surface area contributed by atoms with Crippen LogP contribution in [0.2, 0.25) is 0 Å². The second-order valence-corrected chi connectivity index (χ2v) is 6.11. The van der Waals surface area contributed by atoms with E-state index in [-0.39, 0.29) is 12.3 Å². The van der Waals surface area contributed by atoms with Crippen LogP contribution in [0, 0.1) is 11.3 Å². The first-order chi connectivity index (χ1) is 12.6. The Morgan fingerprint density at radius 3 is 2.35 bits per heavy atom. The summed E-state index contributed by atoms with van der Waals surface area (Å²) in [6.45, 7) is 5.42. The van der Waals surface area contributed by atoms with Crippen LogP contribution in [0.15, 0.2) is 48.5 Å². The highest BCUT2D eigenvalue weighted by Gasteiger charge is 2.08. The van der Waals surface area contributed by atoms with Crippen molar-refractivity contribution in [2.24, 2.45) is 0 Å². The van der Waals surface area contributed by atoms with Gasteiger partial charge < -0.3 is 14.8 Å². The monoisotopic (exact) mass is 352 g/mol. The maximum Gasteiger partial charge on any atom is 0.234 e. The van der Waals surface area contributed by atoms with Crippen LogP contribution in [0.3, 0.4) is 0 Å². The molecule has 1 amide bonds. The minimum absolute atomic E-state index is 0.147. The molecule has 0 radical (unpaired) electrons. The van der Waals surface area contributed by atoms with Crippen LogP contribution in [-0.4, -0.2) is 19.1 Å². The molecule has 0 saturated carbocycles. The Morgan fingerprint density at radius 1 is 1.04 bits per heavy atom. The van der Waals surface area contributed by atoms with Crippen molar-refractivity contribution in [3.63, 3.8) is 0 Å². The Morgan fingerprint density at radius 2 is 1.65 bits per heavy atom. The van der Waals surface area contributed by atoms with Gasteiger partial charge in [0.15, 0.2) is 0 Å². The molecule has 0 heterocycles. The number of rotatable bonds is 9. The van der Waals surface area contributed by atoms with Crippen LogP contribution in [-0.2, 0) is 11.3 Å². The van der Waals surface area contributed by atoms with Gasteiger partial charge in [0, 0.05) is 12.1 Å². The number of carbonyl (C=O) groups is 1. The normalized spacial score (nSPS) is 10.2. The van der Waals surface area contributed by atoms with Crippen LogP contribution in [0.25, 0.3) is 0 Å². The van der Waals surface area contributed by atoms with Gasteiger partial charge in [-0.2, -0.15) is 5.26 Å². The summed E-state index contributed by atoms with van der Waals surface area (Å²) in [5.41, 5.74) is 2.04. The molecule has 2 rings (SSSR count). The number of nitriles is 1. The van der Waals surface area contributed by atoms with Crippen molar-refractivity contribution in [3.05, 3.63) is 59.7 Å². The average Bonchev–Trinajstić information content (AvgIpc) is 2.65. The third-order valence-electron chi connectivity index (χ3n) is 3.83. The number of nitrogens with one attached hydrogen (secondary N) is 1. The van der Waals surface area contributed by atoms with E-state index in [0.29, 0.717) is 31.4 Å². The molecular weight excluding hydrogens is 328 g/mol. The molecule has 0 aliphatic carbocycles. The van der Waals surface area contributed by atoms with E-state index in [1.165, 1.54) is 5.56 Å². The minimum atomic E-state index is -0.295. The summed E-state index contributed by atoms with van der Waals surface area (Å²) in [6.07, 6.45) is -0.147. The highest BCUT2D eigenvalue weighted by atomic mass is 16.5. The molecule has 26 heavy (non-hydrogen) atoms. The summed E-state index contributed by atoms with van der Waals surface area (Å²) in [6, 6.07) is 17.3. The van der Waals surface area contributed by atoms with Crippen molar-refractivity contribution in [1.82, 2.24) is 5.32 Å². The maximum atomic E-state index is 11.4. The number of hydrogen-bond donors (Lipinski definition) is 1. The number of nitrogens with zero attached hydrogens (tertiary/aromatic N) is 1. The first-order valence-electron chi connectivity index (χ1n) is 8.68. The van der Waals surface area contributed by atoms with Gasteiger partial charge in [-0.05, 0) is 23.6 Å². The van der Waals surface area contributed by atoms with E-state index in [0.717, 1.165) is 11.3 Å². The molecule has 5 heteroatoms. The zero-order valence-electron chi connectivity index (χ0n) is 15.2. The van der Waals surface area contributed by atoms with Crippen LogP contribution in [0.5, 0.6) is 11.5 Å². The van der Waals surface area contributed by atoms with E-state index in [1.807, 2.05) is 48.5 Å². The van der Waals surface area contributed by atoms with Crippen molar-refractivity contribution in [1.29, 1.82) is 5.26 Å². The highest BCUT2D eigenvalue weighted by Crippen LogP contribution is 2.25. The fourth-order valence-corrected chi connectivity index (χ4v) is 2.51. The first kappa shape index (κ1) is 19.3. The van der Waals surface area contributed by atoms with Gasteiger partial charge in [0.1, 0.15) is 31.1 Å². The molecule has 1 N–H and O–H groups in total. The lowest BCUT2D eigenvalue weighted by Crippen LogP contribution is -2.22. The number of amides is 1. The summed E-state index contributed by atoms with van der Waals surface area (Å²) in [5, 5.41) is 11.2. The molecule has 2 aromatic carbocycles. The molecule has 0 spiro atoms. The van der Waals surface area contributed by atoms with Crippen LogP contribution in [0.4, 0.5) is 0 Å². The van der Waals surface area contributed by atoms with Gasteiger partial charge >= 0.3 is 0 Å². The van der Waals surface area contributed by atoms with Gasteiger partial charge in [0.05, 0.1) is 6.07 Å². The quantitative estimate of drug-likeness (QED) is 0.697. The summed E-state index contributed by atoms with van der Waals surface area (Å²) < 4.78 is 11.7. The van der Waals surface area contributed by atoms with Crippen LogP contribution < -0.4 is 14.8 Å². The molecule has 0 bridgehead atoms. The van der Waals surface area contributed by atoms with E-state index >= 15 is 0 Å². The molecule has 0 saturated heterocycles. The lowest BCUT2D eigenvalue weighted by atomic mass is 10.0. The Balaban J connectivity index is 1.87. The molecule has 0 fully saturated rings. The molecule has 2 aromatic rings. The average molecular weight is 352 g/mol. The molecule has 0 unspecified atom stereocenters. The lowest BCUT2D eigenvalue weighted by Gasteiger charge is -2.15. The van der Waals surface area contributed by atoms with Gasteiger partial charge in [-0.25, -0.2) is 0 Å². The number of benzene rings is 2. The SMILES string of the molecule is CC(C)c1ccccc1OCCOc1ccccc1CNC(=O)CC#N. The van der Waals surface area contributed by atoms with Gasteiger partial charge in [-0.1, -0.05) is 50.2 Å².